The molecule has 0 saturated heterocycles. The summed E-state index contributed by atoms with van der Waals surface area (Å²) in [7, 11) is 5.34. The molecule has 0 unspecified atom stereocenters. The van der Waals surface area contributed by atoms with E-state index in [0.29, 0.717) is 5.92 Å². The third-order valence-corrected chi connectivity index (χ3v) is 2.66. The number of hydrogen-bond acceptors (Lipinski definition) is 0. The van der Waals surface area contributed by atoms with Crippen LogP contribution in [-0.4, -0.2) is 7.33 Å². The van der Waals surface area contributed by atoms with Gasteiger partial charge in [-0.25, -0.2) is 0 Å². The summed E-state index contributed by atoms with van der Waals surface area (Å²) >= 11 is 0. The second-order valence-corrected chi connectivity index (χ2v) is 3.29. The van der Waals surface area contributed by atoms with Crippen LogP contribution >= 0.6 is 0 Å². The van der Waals surface area contributed by atoms with Crippen LogP contribution in [0.15, 0.2) is 0 Å². The van der Waals surface area contributed by atoms with Gasteiger partial charge in [-0.05, 0) is 0 Å². The molecule has 0 radical (unpaired) electrons. The molecule has 0 aromatic heterocycles. The van der Waals surface area contributed by atoms with E-state index in [9.17, 15) is 0 Å². The van der Waals surface area contributed by atoms with Crippen LogP contribution in [0.4, 0.5) is 0 Å². The monoisotopic (exact) mass is 134 g/mol. The summed E-state index contributed by atoms with van der Waals surface area (Å²) in [6.07, 6.45) is 6.62. The zero-order chi connectivity index (χ0) is 7.40. The molecule has 54 valence electrons. The van der Waals surface area contributed by atoms with Crippen molar-refractivity contribution in [3.8, 4) is 5.80 Å². The van der Waals surface area contributed by atoms with Gasteiger partial charge in [-0.2, -0.15) is 0 Å². The summed E-state index contributed by atoms with van der Waals surface area (Å²) in [5, 5.41) is 0. The van der Waals surface area contributed by atoms with Gasteiger partial charge in [0.1, 0.15) is 0 Å². The van der Waals surface area contributed by atoms with E-state index in [1.807, 2.05) is 0 Å². The van der Waals surface area contributed by atoms with Crippen LogP contribution in [0.1, 0.15) is 39.0 Å². The molecule has 0 heterocycles. The van der Waals surface area contributed by atoms with E-state index in [4.69, 9.17) is 7.33 Å². The topological polar surface area (TPSA) is 0 Å². The Morgan fingerprint density at radius 2 is 1.90 bits per heavy atom. The first-order valence-electron chi connectivity index (χ1n) is 4.33. The van der Waals surface area contributed by atoms with Gasteiger partial charge in [0, 0.05) is 0 Å². The van der Waals surface area contributed by atoms with Gasteiger partial charge in [0.25, 0.3) is 0 Å². The Balaban J connectivity index is 2.25. The molecule has 1 rings (SSSR count). The zero-order valence-electron chi connectivity index (χ0n) is 6.77. The summed E-state index contributed by atoms with van der Waals surface area (Å²) in [6, 6.07) is 0. The molecule has 0 aromatic rings. The molecule has 0 aliphatic heterocycles. The standard InChI is InChI=1S/C9H15B/c1-2-8-3-5-9(7-10)6-4-8/h8-9H,2-6H2,1H3. The summed E-state index contributed by atoms with van der Waals surface area (Å²) in [5.74, 6) is 4.42. The van der Waals surface area contributed by atoms with E-state index in [0.717, 1.165) is 5.92 Å². The fraction of sp³-hybridized carbons (Fsp3) is 0.889. The molecule has 0 N–H and O–H groups in total. The van der Waals surface area contributed by atoms with E-state index >= 15 is 0 Å². The molecule has 1 saturated carbocycles. The van der Waals surface area contributed by atoms with Gasteiger partial charge < -0.3 is 0 Å². The van der Waals surface area contributed by atoms with Gasteiger partial charge in [0.05, 0.1) is 0 Å². The summed E-state index contributed by atoms with van der Waals surface area (Å²) in [5.41, 5.74) is 0. The number of rotatable bonds is 1. The van der Waals surface area contributed by atoms with Crippen molar-refractivity contribution in [2.24, 2.45) is 11.8 Å². The van der Waals surface area contributed by atoms with Crippen molar-refractivity contribution in [3.63, 3.8) is 0 Å². The van der Waals surface area contributed by atoms with Crippen molar-refractivity contribution in [3.05, 3.63) is 0 Å². The quantitative estimate of drug-likeness (QED) is 0.483. The van der Waals surface area contributed by atoms with Crippen molar-refractivity contribution < 1.29 is 0 Å². The van der Waals surface area contributed by atoms with Crippen molar-refractivity contribution in [1.82, 2.24) is 0 Å². The van der Waals surface area contributed by atoms with E-state index in [2.05, 4.69) is 12.7 Å². The molecule has 0 amide bonds. The number of hydrogen-bond donors (Lipinski definition) is 0. The molecule has 1 aliphatic carbocycles. The fourth-order valence-corrected chi connectivity index (χ4v) is 1.74. The van der Waals surface area contributed by atoms with Crippen LogP contribution in [0.5, 0.6) is 0 Å². The molecule has 0 aromatic carbocycles. The van der Waals surface area contributed by atoms with Crippen molar-refractivity contribution >= 4 is 7.33 Å². The van der Waals surface area contributed by atoms with Gasteiger partial charge in [-0.15, -0.1) is 0 Å². The van der Waals surface area contributed by atoms with Crippen LogP contribution in [0.3, 0.4) is 0 Å². The Labute approximate surface area is 64.8 Å². The molecule has 1 aliphatic rings. The van der Waals surface area contributed by atoms with Gasteiger partial charge in [-0.1, -0.05) is 0 Å². The third kappa shape index (κ3) is 1.92. The molecule has 0 spiro atoms. The first kappa shape index (κ1) is 7.95. The molecule has 0 atom stereocenters. The first-order chi connectivity index (χ1) is 4.86. The molecule has 1 heteroatoms. The fourth-order valence-electron chi connectivity index (χ4n) is 1.74. The maximum atomic E-state index is 5.34. The van der Waals surface area contributed by atoms with E-state index in [-0.39, 0.29) is 0 Å². The molecule has 0 bridgehead atoms. The Kier molecular flexibility index (Phi) is 3.08. The third-order valence-electron chi connectivity index (χ3n) is 2.66. The van der Waals surface area contributed by atoms with Gasteiger partial charge in [0.2, 0.25) is 0 Å². The molecule has 0 nitrogen and oxygen atoms in total. The van der Waals surface area contributed by atoms with Crippen LogP contribution in [0, 0.1) is 17.6 Å². The SMILES string of the molecule is B#CC1CCC(CC)CC1. The maximum absolute atomic E-state index is 5.34. The molecule has 10 heavy (non-hydrogen) atoms. The van der Waals surface area contributed by atoms with Crippen molar-refractivity contribution in [1.29, 1.82) is 0 Å². The zero-order valence-corrected chi connectivity index (χ0v) is 6.77. The van der Waals surface area contributed by atoms with Crippen molar-refractivity contribution in [2.75, 3.05) is 0 Å². The van der Waals surface area contributed by atoms with E-state index in [1.165, 1.54) is 32.1 Å². The first-order valence-corrected chi connectivity index (χ1v) is 4.33. The van der Waals surface area contributed by atoms with Gasteiger partial charge in [-0.3, -0.25) is 0 Å². The Morgan fingerprint density at radius 1 is 1.30 bits per heavy atom. The average molecular weight is 134 g/mol. The predicted molar refractivity (Wildman–Crippen MR) is 45.4 cm³/mol. The van der Waals surface area contributed by atoms with Crippen molar-refractivity contribution in [2.45, 2.75) is 39.0 Å². The molecular weight excluding hydrogens is 119 g/mol. The average Bonchev–Trinajstić information content (AvgIpc) is 2.05. The minimum absolute atomic E-state index is 0.600. The van der Waals surface area contributed by atoms with E-state index in [1.54, 1.807) is 0 Å². The summed E-state index contributed by atoms with van der Waals surface area (Å²) in [4.78, 5) is 0. The van der Waals surface area contributed by atoms with Gasteiger partial charge in [0.15, 0.2) is 0 Å². The molecule has 1 fully saturated rings. The van der Waals surface area contributed by atoms with Gasteiger partial charge >= 0.3 is 64.0 Å². The predicted octanol–water partition coefficient (Wildman–Crippen LogP) is 2.33. The Bertz CT molecular complexity index is 126. The second kappa shape index (κ2) is 3.88. The van der Waals surface area contributed by atoms with Crippen LogP contribution < -0.4 is 0 Å². The molecular formula is C9H15B. The van der Waals surface area contributed by atoms with E-state index < -0.39 is 0 Å². The van der Waals surface area contributed by atoms with Crippen LogP contribution in [0.25, 0.3) is 0 Å². The summed E-state index contributed by atoms with van der Waals surface area (Å²) in [6.45, 7) is 2.28. The normalized spacial score (nSPS) is 33.5. The second-order valence-electron chi connectivity index (χ2n) is 3.29. The Hall–Kier alpha value is -0.155. The van der Waals surface area contributed by atoms with Crippen LogP contribution in [0.2, 0.25) is 0 Å². The summed E-state index contributed by atoms with van der Waals surface area (Å²) < 4.78 is 0. The van der Waals surface area contributed by atoms with Crippen LogP contribution in [-0.2, 0) is 0 Å². The Morgan fingerprint density at radius 3 is 2.30 bits per heavy atom. The minimum atomic E-state index is 0.600.